The molecule has 0 aliphatic heterocycles. The van der Waals surface area contributed by atoms with Crippen molar-refractivity contribution in [2.45, 2.75) is 6.92 Å². The Bertz CT molecular complexity index is 242. The molecule has 0 unspecified atom stereocenters. The van der Waals surface area contributed by atoms with Crippen molar-refractivity contribution in [3.63, 3.8) is 0 Å². The normalized spacial score (nSPS) is 8.09. The standard InChI is InChI=1S/C5H6N4O.Na/c1-4-5(8-9-10)7-3-2-6-4;/h2-3H,1H3,(H,7,8,10);/q;+1. The molecule has 0 saturated heterocycles. The third-order valence-corrected chi connectivity index (χ3v) is 1.03. The second-order valence-corrected chi connectivity index (χ2v) is 1.69. The Morgan fingerprint density at radius 1 is 1.45 bits per heavy atom. The number of rotatable bonds is 2. The Labute approximate surface area is 85.9 Å². The van der Waals surface area contributed by atoms with Crippen LogP contribution in [0.2, 0.25) is 0 Å². The molecule has 5 nitrogen and oxygen atoms in total. The number of aryl methyl sites for hydroxylation is 1. The fraction of sp³-hybridized carbons (Fsp3) is 0.200. The number of nitrogens with zero attached hydrogens (tertiary/aromatic N) is 3. The zero-order chi connectivity index (χ0) is 7.40. The van der Waals surface area contributed by atoms with E-state index in [0.29, 0.717) is 11.5 Å². The van der Waals surface area contributed by atoms with Crippen molar-refractivity contribution in [3.05, 3.63) is 23.0 Å². The Morgan fingerprint density at radius 2 is 2.09 bits per heavy atom. The van der Waals surface area contributed by atoms with Gasteiger partial charge in [-0.3, -0.25) is 4.98 Å². The van der Waals surface area contributed by atoms with Gasteiger partial charge in [-0.1, -0.05) is 0 Å². The molecule has 52 valence electrons. The predicted molar refractivity (Wildman–Crippen MR) is 36.2 cm³/mol. The molecule has 0 radical (unpaired) electrons. The molecule has 1 heterocycles. The van der Waals surface area contributed by atoms with E-state index in [1.54, 1.807) is 13.1 Å². The van der Waals surface area contributed by atoms with E-state index < -0.39 is 0 Å². The Balaban J connectivity index is 0.000001000. The van der Waals surface area contributed by atoms with Crippen LogP contribution in [-0.4, -0.2) is 9.97 Å². The molecule has 0 fully saturated rings. The number of hydrogen-bond acceptors (Lipinski definition) is 4. The number of anilines is 1. The number of nitrogens with one attached hydrogen (secondary N) is 1. The first kappa shape index (κ1) is 10.5. The van der Waals surface area contributed by atoms with Crippen LogP contribution < -0.4 is 35.0 Å². The van der Waals surface area contributed by atoms with E-state index in [0.717, 1.165) is 0 Å². The van der Waals surface area contributed by atoms with E-state index in [9.17, 15) is 4.91 Å². The van der Waals surface area contributed by atoms with Crippen molar-refractivity contribution in [2.75, 3.05) is 5.43 Å². The third kappa shape index (κ3) is 2.92. The molecule has 0 aromatic carbocycles. The minimum atomic E-state index is 0. The molecule has 0 amide bonds. The van der Waals surface area contributed by atoms with Gasteiger partial charge in [0, 0.05) is 12.4 Å². The largest absolute Gasteiger partial charge is 1.00 e. The van der Waals surface area contributed by atoms with Gasteiger partial charge in [-0.2, -0.15) is 0 Å². The van der Waals surface area contributed by atoms with Gasteiger partial charge in [-0.15, -0.1) is 4.91 Å². The molecule has 1 N–H and O–H groups in total. The summed E-state index contributed by atoms with van der Waals surface area (Å²) in [5, 5.41) is 2.46. The van der Waals surface area contributed by atoms with Gasteiger partial charge in [0.05, 0.1) is 11.0 Å². The first-order valence-electron chi connectivity index (χ1n) is 2.70. The van der Waals surface area contributed by atoms with Crippen molar-refractivity contribution < 1.29 is 29.6 Å². The number of nitroso groups, excluding NO2 is 1. The van der Waals surface area contributed by atoms with Gasteiger partial charge in [-0.25, -0.2) is 10.4 Å². The van der Waals surface area contributed by atoms with E-state index >= 15 is 0 Å². The van der Waals surface area contributed by atoms with Gasteiger partial charge in [0.25, 0.3) is 0 Å². The van der Waals surface area contributed by atoms with Crippen LogP contribution in [0, 0.1) is 11.8 Å². The van der Waals surface area contributed by atoms with E-state index in [4.69, 9.17) is 0 Å². The van der Waals surface area contributed by atoms with E-state index in [-0.39, 0.29) is 29.6 Å². The quantitative estimate of drug-likeness (QED) is 0.306. The van der Waals surface area contributed by atoms with Crippen molar-refractivity contribution in [3.8, 4) is 0 Å². The minimum Gasteiger partial charge on any atom is -0.256 e. The zero-order valence-electron chi connectivity index (χ0n) is 6.40. The van der Waals surface area contributed by atoms with E-state index in [1.165, 1.54) is 6.20 Å². The zero-order valence-corrected chi connectivity index (χ0v) is 8.40. The topological polar surface area (TPSA) is 67.2 Å². The Kier molecular flexibility index (Phi) is 4.93. The second kappa shape index (κ2) is 5.17. The van der Waals surface area contributed by atoms with Crippen LogP contribution in [0.1, 0.15) is 5.69 Å². The molecule has 0 aliphatic carbocycles. The molecule has 1 aromatic heterocycles. The summed E-state index contributed by atoms with van der Waals surface area (Å²) in [6, 6.07) is 0. The fourth-order valence-corrected chi connectivity index (χ4v) is 0.561. The van der Waals surface area contributed by atoms with Gasteiger partial charge in [-0.05, 0) is 6.92 Å². The van der Waals surface area contributed by atoms with Crippen molar-refractivity contribution >= 4 is 5.82 Å². The molecule has 0 spiro atoms. The molecule has 0 aliphatic rings. The van der Waals surface area contributed by atoms with Crippen LogP contribution in [-0.2, 0) is 0 Å². The van der Waals surface area contributed by atoms with Crippen molar-refractivity contribution in [2.24, 2.45) is 5.29 Å². The van der Waals surface area contributed by atoms with Crippen LogP contribution >= 0.6 is 0 Å². The summed E-state index contributed by atoms with van der Waals surface area (Å²) in [7, 11) is 0. The van der Waals surface area contributed by atoms with Crippen molar-refractivity contribution in [1.82, 2.24) is 9.97 Å². The summed E-state index contributed by atoms with van der Waals surface area (Å²) in [6.07, 6.45) is 3.03. The van der Waals surface area contributed by atoms with Crippen LogP contribution in [0.15, 0.2) is 17.7 Å². The smallest absolute Gasteiger partial charge is 0.256 e. The van der Waals surface area contributed by atoms with Gasteiger partial charge in [0.2, 0.25) is 0 Å². The number of aromatic nitrogens is 2. The maximum atomic E-state index is 9.70. The molecule has 11 heavy (non-hydrogen) atoms. The molecule has 1 aromatic rings. The summed E-state index contributed by atoms with van der Waals surface area (Å²) in [5.41, 5.74) is 2.83. The molecule has 0 saturated carbocycles. The first-order chi connectivity index (χ1) is 4.84. The molecule has 6 heteroatoms. The average molecular weight is 161 g/mol. The predicted octanol–water partition coefficient (Wildman–Crippen LogP) is -2.12. The Hall–Kier alpha value is -0.520. The van der Waals surface area contributed by atoms with E-state index in [1.807, 2.05) is 0 Å². The summed E-state index contributed by atoms with van der Waals surface area (Å²) in [5.74, 6) is 0.400. The summed E-state index contributed by atoms with van der Waals surface area (Å²) >= 11 is 0. The van der Waals surface area contributed by atoms with Crippen molar-refractivity contribution in [1.29, 1.82) is 0 Å². The second-order valence-electron chi connectivity index (χ2n) is 1.69. The van der Waals surface area contributed by atoms with Gasteiger partial charge >= 0.3 is 29.6 Å². The SMILES string of the molecule is Cc1nccnc1NN=O.[Na+]. The summed E-state index contributed by atoms with van der Waals surface area (Å²) in [4.78, 5) is 17.4. The van der Waals surface area contributed by atoms with Gasteiger partial charge < -0.3 is 0 Å². The summed E-state index contributed by atoms with van der Waals surface area (Å²) < 4.78 is 0. The molecular weight excluding hydrogens is 155 g/mol. The first-order valence-corrected chi connectivity index (χ1v) is 2.70. The average Bonchev–Trinajstić information content (AvgIpc) is 1.94. The Morgan fingerprint density at radius 3 is 2.64 bits per heavy atom. The van der Waals surface area contributed by atoms with Gasteiger partial charge in [0.15, 0.2) is 5.82 Å². The van der Waals surface area contributed by atoms with Crippen LogP contribution in [0.3, 0.4) is 0 Å². The maximum absolute atomic E-state index is 9.70. The summed E-state index contributed by atoms with van der Waals surface area (Å²) in [6.45, 7) is 1.74. The molecule has 0 atom stereocenters. The maximum Gasteiger partial charge on any atom is 1.00 e. The number of hydrogen-bond donors (Lipinski definition) is 1. The monoisotopic (exact) mass is 161 g/mol. The van der Waals surface area contributed by atoms with Crippen LogP contribution in [0.25, 0.3) is 0 Å². The fourth-order valence-electron chi connectivity index (χ4n) is 0.561. The van der Waals surface area contributed by atoms with Gasteiger partial charge in [0.1, 0.15) is 0 Å². The molecule has 0 bridgehead atoms. The third-order valence-electron chi connectivity index (χ3n) is 1.03. The van der Waals surface area contributed by atoms with Crippen LogP contribution in [0.4, 0.5) is 5.82 Å². The molecule has 1 rings (SSSR count). The molecular formula is C5H6N4NaO+. The minimum absolute atomic E-state index is 0. The van der Waals surface area contributed by atoms with E-state index in [2.05, 4.69) is 20.7 Å². The van der Waals surface area contributed by atoms with Crippen LogP contribution in [0.5, 0.6) is 0 Å².